The topological polar surface area (TPSA) is 57.2 Å². The van der Waals surface area contributed by atoms with Crippen LogP contribution in [0.3, 0.4) is 0 Å². The van der Waals surface area contributed by atoms with Crippen molar-refractivity contribution in [3.63, 3.8) is 0 Å². The summed E-state index contributed by atoms with van der Waals surface area (Å²) in [6.07, 6.45) is 5.36. The van der Waals surface area contributed by atoms with E-state index in [9.17, 15) is 4.79 Å². The molecule has 6 nitrogen and oxygen atoms in total. The molecule has 27 heavy (non-hydrogen) atoms. The molecular weight excluding hydrogens is 455 g/mol. The lowest BCUT2D eigenvalue weighted by atomic mass is 9.51. The van der Waals surface area contributed by atoms with Crippen LogP contribution in [0.15, 0.2) is 4.99 Å². The molecule has 1 spiro atoms. The first-order valence-electron chi connectivity index (χ1n) is 10.5. The van der Waals surface area contributed by atoms with Crippen molar-refractivity contribution in [2.45, 2.75) is 65.5 Å². The quantitative estimate of drug-likeness (QED) is 0.365. The van der Waals surface area contributed by atoms with Gasteiger partial charge in [-0.05, 0) is 33.1 Å². The molecule has 0 aromatic rings. The monoisotopic (exact) mass is 492 g/mol. The number of ether oxygens (including phenoxy) is 1. The molecule has 0 aromatic carbocycles. The highest BCUT2D eigenvalue weighted by Gasteiger charge is 2.59. The smallest absolute Gasteiger partial charge is 0.225 e. The summed E-state index contributed by atoms with van der Waals surface area (Å²) in [5.41, 5.74) is 0.333. The maximum Gasteiger partial charge on any atom is 0.225 e. The molecule has 7 heteroatoms. The number of carbonyl (C=O) groups is 1. The lowest BCUT2D eigenvalue weighted by Gasteiger charge is -2.61. The zero-order valence-corrected chi connectivity index (χ0v) is 19.7. The van der Waals surface area contributed by atoms with Crippen LogP contribution in [0.1, 0.15) is 53.4 Å². The van der Waals surface area contributed by atoms with Crippen molar-refractivity contribution in [2.75, 3.05) is 39.3 Å². The summed E-state index contributed by atoms with van der Waals surface area (Å²) >= 11 is 0. The van der Waals surface area contributed by atoms with E-state index in [1.807, 2.05) is 18.7 Å². The third-order valence-corrected chi connectivity index (χ3v) is 6.43. The van der Waals surface area contributed by atoms with Crippen LogP contribution < -0.4 is 5.32 Å². The molecule has 1 saturated heterocycles. The first kappa shape index (κ1) is 22.7. The van der Waals surface area contributed by atoms with Crippen molar-refractivity contribution in [3.05, 3.63) is 0 Å². The Morgan fingerprint density at radius 1 is 1.19 bits per heavy atom. The SMILES string of the molecule is CCN=C(NC1CC(OCC)C12CCC2)N1CCN(C(=O)C(C)C)CC1.I. The average molecular weight is 492 g/mol. The molecule has 1 N–H and O–H groups in total. The summed E-state index contributed by atoms with van der Waals surface area (Å²) in [6, 6.07) is 0.480. The Morgan fingerprint density at radius 3 is 2.30 bits per heavy atom. The van der Waals surface area contributed by atoms with Gasteiger partial charge in [-0.2, -0.15) is 0 Å². The van der Waals surface area contributed by atoms with Gasteiger partial charge in [0, 0.05) is 56.7 Å². The molecule has 2 aliphatic carbocycles. The largest absolute Gasteiger partial charge is 0.378 e. The zero-order chi connectivity index (χ0) is 18.7. The number of halogens is 1. The summed E-state index contributed by atoms with van der Waals surface area (Å²) in [5, 5.41) is 3.76. The maximum absolute atomic E-state index is 12.2. The van der Waals surface area contributed by atoms with Crippen LogP contribution in [-0.4, -0.2) is 73.1 Å². The van der Waals surface area contributed by atoms with Gasteiger partial charge in [-0.25, -0.2) is 0 Å². The second-order valence-electron chi connectivity index (χ2n) is 8.23. The van der Waals surface area contributed by atoms with Crippen LogP contribution >= 0.6 is 24.0 Å². The molecule has 0 bridgehead atoms. The summed E-state index contributed by atoms with van der Waals surface area (Å²) < 4.78 is 5.98. The van der Waals surface area contributed by atoms with E-state index in [-0.39, 0.29) is 35.8 Å². The van der Waals surface area contributed by atoms with Crippen LogP contribution in [0.5, 0.6) is 0 Å². The lowest BCUT2D eigenvalue weighted by Crippen LogP contribution is -2.69. The van der Waals surface area contributed by atoms with E-state index in [1.54, 1.807) is 0 Å². The number of amides is 1. The van der Waals surface area contributed by atoms with Crippen LogP contribution in [-0.2, 0) is 9.53 Å². The average Bonchev–Trinajstić information content (AvgIpc) is 2.58. The molecular formula is C20H37IN4O2. The molecule has 3 rings (SSSR count). The van der Waals surface area contributed by atoms with Gasteiger partial charge in [0.1, 0.15) is 0 Å². The van der Waals surface area contributed by atoms with Crippen LogP contribution in [0.2, 0.25) is 0 Å². The predicted molar refractivity (Wildman–Crippen MR) is 120 cm³/mol. The molecule has 156 valence electrons. The Bertz CT molecular complexity index is 528. The highest BCUT2D eigenvalue weighted by Crippen LogP contribution is 2.57. The first-order chi connectivity index (χ1) is 12.5. The Balaban J connectivity index is 0.00000261. The second-order valence-corrected chi connectivity index (χ2v) is 8.23. The zero-order valence-electron chi connectivity index (χ0n) is 17.4. The number of rotatable bonds is 5. The van der Waals surface area contributed by atoms with Crippen molar-refractivity contribution < 1.29 is 9.53 Å². The number of hydrogen-bond acceptors (Lipinski definition) is 3. The van der Waals surface area contributed by atoms with Crippen molar-refractivity contribution in [1.29, 1.82) is 0 Å². The van der Waals surface area contributed by atoms with Crippen LogP contribution in [0, 0.1) is 11.3 Å². The van der Waals surface area contributed by atoms with Crippen LogP contribution in [0.25, 0.3) is 0 Å². The van der Waals surface area contributed by atoms with Gasteiger partial charge in [0.15, 0.2) is 5.96 Å². The molecule has 2 unspecified atom stereocenters. The van der Waals surface area contributed by atoms with Crippen molar-refractivity contribution in [2.24, 2.45) is 16.3 Å². The standard InChI is InChI=1S/C20H36N4O2.HI/c1-5-21-19(24-12-10-23(11-13-24)18(25)15(3)4)22-16-14-17(26-6-2)20(16)8-7-9-20;/h15-17H,5-14H2,1-4H3,(H,21,22);1H. The molecule has 0 aromatic heterocycles. The van der Waals surface area contributed by atoms with E-state index in [4.69, 9.17) is 9.73 Å². The Kier molecular flexibility index (Phi) is 8.21. The predicted octanol–water partition coefficient (Wildman–Crippen LogP) is 2.72. The van der Waals surface area contributed by atoms with Crippen molar-refractivity contribution in [1.82, 2.24) is 15.1 Å². The minimum Gasteiger partial charge on any atom is -0.378 e. The van der Waals surface area contributed by atoms with E-state index in [0.29, 0.717) is 17.6 Å². The number of guanidine groups is 1. The highest BCUT2D eigenvalue weighted by atomic mass is 127. The molecule has 0 radical (unpaired) electrons. The van der Waals surface area contributed by atoms with Crippen molar-refractivity contribution >= 4 is 35.8 Å². The molecule has 1 aliphatic heterocycles. The fourth-order valence-electron chi connectivity index (χ4n) is 4.69. The summed E-state index contributed by atoms with van der Waals surface area (Å²) in [4.78, 5) is 21.3. The lowest BCUT2D eigenvalue weighted by molar-refractivity contribution is -0.169. The summed E-state index contributed by atoms with van der Waals surface area (Å²) in [5.74, 6) is 1.36. The second kappa shape index (κ2) is 9.76. The first-order valence-corrected chi connectivity index (χ1v) is 10.5. The highest BCUT2D eigenvalue weighted by molar-refractivity contribution is 14.0. The van der Waals surface area contributed by atoms with Gasteiger partial charge >= 0.3 is 0 Å². The Morgan fingerprint density at radius 2 is 1.81 bits per heavy atom. The van der Waals surface area contributed by atoms with Gasteiger partial charge in [0.25, 0.3) is 0 Å². The number of carbonyl (C=O) groups excluding carboxylic acids is 1. The maximum atomic E-state index is 12.2. The van der Waals surface area contributed by atoms with Gasteiger partial charge < -0.3 is 19.9 Å². The fraction of sp³-hybridized carbons (Fsp3) is 0.900. The number of nitrogens with one attached hydrogen (secondary N) is 1. The van der Waals surface area contributed by atoms with Gasteiger partial charge in [-0.15, -0.1) is 24.0 Å². The van der Waals surface area contributed by atoms with Crippen LogP contribution in [0.4, 0.5) is 0 Å². The minimum absolute atomic E-state index is 0. The number of aliphatic imine (C=N–C) groups is 1. The van der Waals surface area contributed by atoms with Crippen molar-refractivity contribution in [3.8, 4) is 0 Å². The normalized spacial score (nSPS) is 27.1. The van der Waals surface area contributed by atoms with Gasteiger partial charge in [0.05, 0.1) is 6.10 Å². The summed E-state index contributed by atoms with van der Waals surface area (Å²) in [7, 11) is 0. The molecule has 1 heterocycles. The summed E-state index contributed by atoms with van der Waals surface area (Å²) in [6.45, 7) is 13.0. The van der Waals surface area contributed by atoms with E-state index >= 15 is 0 Å². The Hall–Kier alpha value is -0.570. The van der Waals surface area contributed by atoms with E-state index in [2.05, 4.69) is 24.1 Å². The molecule has 2 saturated carbocycles. The minimum atomic E-state index is 0. The third kappa shape index (κ3) is 4.54. The fourth-order valence-corrected chi connectivity index (χ4v) is 4.69. The third-order valence-electron chi connectivity index (χ3n) is 6.43. The van der Waals surface area contributed by atoms with E-state index in [1.165, 1.54) is 19.3 Å². The number of piperazine rings is 1. The van der Waals surface area contributed by atoms with Gasteiger partial charge in [-0.1, -0.05) is 20.3 Å². The van der Waals surface area contributed by atoms with E-state index in [0.717, 1.165) is 51.7 Å². The number of hydrogen-bond donors (Lipinski definition) is 1. The molecule has 2 atom stereocenters. The molecule has 1 amide bonds. The van der Waals surface area contributed by atoms with E-state index < -0.39 is 0 Å². The van der Waals surface area contributed by atoms with Gasteiger partial charge in [-0.3, -0.25) is 9.79 Å². The molecule has 3 fully saturated rings. The Labute approximate surface area is 181 Å². The van der Waals surface area contributed by atoms with Gasteiger partial charge in [0.2, 0.25) is 5.91 Å². The number of nitrogens with zero attached hydrogens (tertiary/aromatic N) is 3. The molecule has 3 aliphatic rings.